The van der Waals surface area contributed by atoms with E-state index < -0.39 is 0 Å². The molecule has 1 aliphatic heterocycles. The van der Waals surface area contributed by atoms with Gasteiger partial charge in [-0.15, -0.1) is 0 Å². The summed E-state index contributed by atoms with van der Waals surface area (Å²) in [6.45, 7) is 3.03. The van der Waals surface area contributed by atoms with E-state index in [1.807, 2.05) is 6.07 Å². The van der Waals surface area contributed by atoms with Crippen molar-refractivity contribution in [3.63, 3.8) is 0 Å². The molecule has 0 amide bonds. The Balaban J connectivity index is 1.91. The summed E-state index contributed by atoms with van der Waals surface area (Å²) in [5.74, 6) is 0.904. The number of piperidine rings is 1. The Morgan fingerprint density at radius 3 is 3.06 bits per heavy atom. The van der Waals surface area contributed by atoms with Gasteiger partial charge in [-0.05, 0) is 37.9 Å². The lowest BCUT2D eigenvalue weighted by atomic mass is 10.00. The van der Waals surface area contributed by atoms with E-state index in [2.05, 4.69) is 10.6 Å². The molecule has 1 heterocycles. The number of halogens is 1. The molecule has 0 spiro atoms. The van der Waals surface area contributed by atoms with Crippen molar-refractivity contribution in [1.82, 2.24) is 5.32 Å². The minimum absolute atomic E-state index is 0.270. The Hall–Kier alpha value is -1.29. The van der Waals surface area contributed by atoms with Crippen molar-refractivity contribution in [1.29, 1.82) is 0 Å². The van der Waals surface area contributed by atoms with Crippen molar-refractivity contribution in [3.05, 3.63) is 24.0 Å². The highest BCUT2D eigenvalue weighted by Crippen LogP contribution is 2.20. The first-order valence-electron chi connectivity index (χ1n) is 6.07. The Bertz CT molecular complexity index is 364. The number of anilines is 1. The zero-order chi connectivity index (χ0) is 12.1. The lowest BCUT2D eigenvalue weighted by Crippen LogP contribution is -2.33. The number of ether oxygens (including phenoxy) is 1. The summed E-state index contributed by atoms with van der Waals surface area (Å²) < 4.78 is 18.3. The Kier molecular flexibility index (Phi) is 4.20. The van der Waals surface area contributed by atoms with E-state index in [0.717, 1.165) is 25.3 Å². The number of methoxy groups -OCH3 is 1. The molecule has 4 heteroatoms. The number of rotatable bonds is 4. The van der Waals surface area contributed by atoms with Crippen LogP contribution >= 0.6 is 0 Å². The van der Waals surface area contributed by atoms with Gasteiger partial charge in [-0.3, -0.25) is 0 Å². The molecule has 2 rings (SSSR count). The van der Waals surface area contributed by atoms with Gasteiger partial charge in [0, 0.05) is 24.4 Å². The molecule has 1 unspecified atom stereocenters. The van der Waals surface area contributed by atoms with Crippen LogP contribution in [-0.4, -0.2) is 26.7 Å². The zero-order valence-corrected chi connectivity index (χ0v) is 10.1. The first-order chi connectivity index (χ1) is 8.28. The van der Waals surface area contributed by atoms with Crippen LogP contribution in [0.5, 0.6) is 5.75 Å². The highest BCUT2D eigenvalue weighted by atomic mass is 19.1. The predicted octanol–water partition coefficient (Wildman–Crippen LogP) is 2.25. The summed E-state index contributed by atoms with van der Waals surface area (Å²) in [5, 5.41) is 6.64. The molecule has 1 aromatic rings. The van der Waals surface area contributed by atoms with Crippen LogP contribution in [0.2, 0.25) is 0 Å². The average molecular weight is 238 g/mol. The fourth-order valence-corrected chi connectivity index (χ4v) is 2.14. The van der Waals surface area contributed by atoms with Crippen LogP contribution in [0.3, 0.4) is 0 Å². The van der Waals surface area contributed by atoms with Crippen LogP contribution in [0, 0.1) is 11.7 Å². The molecule has 2 N–H and O–H groups in total. The molecule has 94 valence electrons. The van der Waals surface area contributed by atoms with Crippen LogP contribution in [0.4, 0.5) is 10.1 Å². The monoisotopic (exact) mass is 238 g/mol. The van der Waals surface area contributed by atoms with E-state index >= 15 is 0 Å². The quantitative estimate of drug-likeness (QED) is 0.844. The predicted molar refractivity (Wildman–Crippen MR) is 67.0 cm³/mol. The molecule has 3 nitrogen and oxygen atoms in total. The molecule has 1 atom stereocenters. The number of hydrogen-bond donors (Lipinski definition) is 2. The third kappa shape index (κ3) is 3.60. The molecule has 0 saturated carbocycles. The Morgan fingerprint density at radius 1 is 1.47 bits per heavy atom. The van der Waals surface area contributed by atoms with Gasteiger partial charge in [0.15, 0.2) is 0 Å². The third-order valence-corrected chi connectivity index (χ3v) is 3.10. The van der Waals surface area contributed by atoms with Crippen LogP contribution in [-0.2, 0) is 0 Å². The molecule has 17 heavy (non-hydrogen) atoms. The van der Waals surface area contributed by atoms with Crippen molar-refractivity contribution in [3.8, 4) is 5.75 Å². The van der Waals surface area contributed by atoms with Gasteiger partial charge in [0.2, 0.25) is 0 Å². The molecule has 1 fully saturated rings. The van der Waals surface area contributed by atoms with E-state index in [1.54, 1.807) is 7.11 Å². The fourth-order valence-electron chi connectivity index (χ4n) is 2.14. The van der Waals surface area contributed by atoms with Gasteiger partial charge >= 0.3 is 0 Å². The smallest absolute Gasteiger partial charge is 0.128 e. The Morgan fingerprint density at radius 2 is 2.35 bits per heavy atom. The molecule has 0 aliphatic carbocycles. The van der Waals surface area contributed by atoms with Gasteiger partial charge in [0.05, 0.1) is 7.11 Å². The molecule has 1 saturated heterocycles. The first kappa shape index (κ1) is 12.2. The Labute approximate surface area is 101 Å². The molecule has 1 aromatic carbocycles. The van der Waals surface area contributed by atoms with Gasteiger partial charge in [-0.25, -0.2) is 4.39 Å². The number of benzene rings is 1. The van der Waals surface area contributed by atoms with E-state index in [1.165, 1.54) is 25.0 Å². The van der Waals surface area contributed by atoms with E-state index in [-0.39, 0.29) is 5.82 Å². The van der Waals surface area contributed by atoms with Gasteiger partial charge in [-0.2, -0.15) is 0 Å². The van der Waals surface area contributed by atoms with Gasteiger partial charge in [-0.1, -0.05) is 0 Å². The van der Waals surface area contributed by atoms with Crippen molar-refractivity contribution < 1.29 is 9.13 Å². The first-order valence-corrected chi connectivity index (χ1v) is 6.07. The summed E-state index contributed by atoms with van der Waals surface area (Å²) in [5.41, 5.74) is 0.785. The zero-order valence-electron chi connectivity index (χ0n) is 10.1. The highest BCUT2D eigenvalue weighted by molar-refractivity contribution is 5.48. The molecular formula is C13H19FN2O. The molecule has 0 aromatic heterocycles. The van der Waals surface area contributed by atoms with E-state index in [9.17, 15) is 4.39 Å². The lowest BCUT2D eigenvalue weighted by molar-refractivity contribution is 0.392. The van der Waals surface area contributed by atoms with E-state index in [0.29, 0.717) is 11.7 Å². The third-order valence-electron chi connectivity index (χ3n) is 3.10. The lowest BCUT2D eigenvalue weighted by Gasteiger charge is -2.23. The maximum absolute atomic E-state index is 13.2. The highest BCUT2D eigenvalue weighted by Gasteiger charge is 2.12. The second-order valence-electron chi connectivity index (χ2n) is 4.47. The number of nitrogens with one attached hydrogen (secondary N) is 2. The summed E-state index contributed by atoms with van der Waals surface area (Å²) in [6.07, 6.45) is 2.45. The standard InChI is InChI=1S/C13H19FN2O/c1-17-13-6-11(14)5-12(7-13)16-9-10-3-2-4-15-8-10/h5-7,10,15-16H,2-4,8-9H2,1H3. The van der Waals surface area contributed by atoms with Crippen molar-refractivity contribution in [2.45, 2.75) is 12.8 Å². The number of hydrogen-bond acceptors (Lipinski definition) is 3. The summed E-state index contributed by atoms with van der Waals surface area (Å²) in [7, 11) is 1.55. The molecular weight excluding hydrogens is 219 g/mol. The van der Waals surface area contributed by atoms with Crippen molar-refractivity contribution >= 4 is 5.69 Å². The van der Waals surface area contributed by atoms with Crippen LogP contribution in [0.25, 0.3) is 0 Å². The van der Waals surface area contributed by atoms with E-state index in [4.69, 9.17) is 4.74 Å². The van der Waals surface area contributed by atoms with Crippen LogP contribution < -0.4 is 15.4 Å². The SMILES string of the molecule is COc1cc(F)cc(NCC2CCCNC2)c1. The molecule has 1 aliphatic rings. The van der Waals surface area contributed by atoms with Gasteiger partial charge in [0.1, 0.15) is 11.6 Å². The summed E-state index contributed by atoms with van der Waals surface area (Å²) in [6, 6.07) is 4.70. The van der Waals surface area contributed by atoms with Gasteiger partial charge in [0.25, 0.3) is 0 Å². The minimum atomic E-state index is -0.270. The van der Waals surface area contributed by atoms with Crippen LogP contribution in [0.15, 0.2) is 18.2 Å². The average Bonchev–Trinajstić information content (AvgIpc) is 2.37. The maximum atomic E-state index is 13.2. The minimum Gasteiger partial charge on any atom is -0.497 e. The molecule has 0 bridgehead atoms. The normalized spacial score (nSPS) is 20.0. The van der Waals surface area contributed by atoms with Crippen molar-refractivity contribution in [2.75, 3.05) is 32.1 Å². The van der Waals surface area contributed by atoms with Crippen molar-refractivity contribution in [2.24, 2.45) is 5.92 Å². The second kappa shape index (κ2) is 5.87. The summed E-state index contributed by atoms with van der Waals surface area (Å²) >= 11 is 0. The van der Waals surface area contributed by atoms with Gasteiger partial charge < -0.3 is 15.4 Å². The fraction of sp³-hybridized carbons (Fsp3) is 0.538. The second-order valence-corrected chi connectivity index (χ2v) is 4.47. The summed E-state index contributed by atoms with van der Waals surface area (Å²) in [4.78, 5) is 0. The maximum Gasteiger partial charge on any atom is 0.128 e. The topological polar surface area (TPSA) is 33.3 Å². The molecule has 0 radical (unpaired) electrons. The van der Waals surface area contributed by atoms with Crippen LogP contribution in [0.1, 0.15) is 12.8 Å². The largest absolute Gasteiger partial charge is 0.497 e.